The van der Waals surface area contributed by atoms with Crippen molar-refractivity contribution in [3.63, 3.8) is 0 Å². The van der Waals surface area contributed by atoms with Gasteiger partial charge in [-0.2, -0.15) is 5.26 Å². The van der Waals surface area contributed by atoms with E-state index in [2.05, 4.69) is 11.1 Å². The van der Waals surface area contributed by atoms with E-state index in [9.17, 15) is 15.4 Å². The highest BCUT2D eigenvalue weighted by atomic mass is 16.6. The Hall–Kier alpha value is -3.72. The maximum absolute atomic E-state index is 11.3. The zero-order valence-corrected chi connectivity index (χ0v) is 13.4. The van der Waals surface area contributed by atoms with Crippen molar-refractivity contribution in [2.24, 2.45) is 0 Å². The monoisotopic (exact) mass is 330 g/mol. The Morgan fingerprint density at radius 3 is 2.52 bits per heavy atom. The van der Waals surface area contributed by atoms with E-state index >= 15 is 0 Å². The number of hydrogen-bond donors (Lipinski definition) is 1. The minimum absolute atomic E-state index is 0.00390. The molecule has 0 aliphatic rings. The Bertz CT molecular complexity index is 1010. The summed E-state index contributed by atoms with van der Waals surface area (Å²) in [5.41, 5.74) is 9.28. The quantitative estimate of drug-likeness (QED) is 0.575. The van der Waals surface area contributed by atoms with E-state index in [1.165, 1.54) is 6.07 Å². The third-order valence-electron chi connectivity index (χ3n) is 4.00. The summed E-state index contributed by atoms with van der Waals surface area (Å²) in [5.74, 6) is 0.0976. The molecule has 0 saturated carbocycles. The highest BCUT2D eigenvalue weighted by Gasteiger charge is 2.19. The van der Waals surface area contributed by atoms with Gasteiger partial charge in [-0.25, -0.2) is 4.98 Å². The highest BCUT2D eigenvalue weighted by Crippen LogP contribution is 2.38. The molecule has 0 aliphatic heterocycles. The molecule has 3 aromatic rings. The van der Waals surface area contributed by atoms with Gasteiger partial charge in [0.15, 0.2) is 0 Å². The number of rotatable bonds is 3. The fourth-order valence-corrected chi connectivity index (χ4v) is 2.74. The van der Waals surface area contributed by atoms with Gasteiger partial charge in [0.05, 0.1) is 4.92 Å². The van der Waals surface area contributed by atoms with Crippen molar-refractivity contribution in [1.29, 1.82) is 5.26 Å². The summed E-state index contributed by atoms with van der Waals surface area (Å²) in [5, 5.41) is 20.8. The smallest absolute Gasteiger partial charge is 0.272 e. The van der Waals surface area contributed by atoms with Crippen LogP contribution in [-0.2, 0) is 0 Å². The number of hydrogen-bond acceptors (Lipinski definition) is 5. The SMILES string of the molecule is Cc1ccc(-c2c(-c3ccccc3)cnc(N)c2C#N)cc1[N+](=O)[O-]. The minimum Gasteiger partial charge on any atom is -0.383 e. The number of anilines is 1. The molecule has 0 atom stereocenters. The third kappa shape index (κ3) is 2.91. The van der Waals surface area contributed by atoms with E-state index in [-0.39, 0.29) is 17.1 Å². The maximum Gasteiger partial charge on any atom is 0.272 e. The Labute approximate surface area is 144 Å². The molecule has 0 unspecified atom stereocenters. The average molecular weight is 330 g/mol. The van der Waals surface area contributed by atoms with E-state index < -0.39 is 4.92 Å². The van der Waals surface area contributed by atoms with Crippen molar-refractivity contribution in [2.45, 2.75) is 6.92 Å². The summed E-state index contributed by atoms with van der Waals surface area (Å²) < 4.78 is 0. The van der Waals surface area contributed by atoms with Crippen LogP contribution in [0.4, 0.5) is 11.5 Å². The number of aryl methyl sites for hydroxylation is 1. The molecule has 25 heavy (non-hydrogen) atoms. The first-order valence-corrected chi connectivity index (χ1v) is 7.52. The summed E-state index contributed by atoms with van der Waals surface area (Å²) in [6, 6.07) is 16.4. The van der Waals surface area contributed by atoms with Crippen molar-refractivity contribution in [1.82, 2.24) is 4.98 Å². The van der Waals surface area contributed by atoms with Gasteiger partial charge in [-0.3, -0.25) is 10.1 Å². The van der Waals surface area contributed by atoms with Gasteiger partial charge in [0, 0.05) is 29.0 Å². The van der Waals surface area contributed by atoms with Gasteiger partial charge in [-0.1, -0.05) is 42.5 Å². The molecule has 1 heterocycles. The Balaban J connectivity index is 2.35. The number of benzene rings is 2. The molecule has 6 nitrogen and oxygen atoms in total. The number of aromatic nitrogens is 1. The standard InChI is InChI=1S/C19H14N4O2/c1-12-7-8-14(9-17(12)23(24)25)18-15(10-20)19(21)22-11-16(18)13-5-3-2-4-6-13/h2-9,11H,1H3,(H2,21,22). The fraction of sp³-hybridized carbons (Fsp3) is 0.0526. The second-order valence-electron chi connectivity index (χ2n) is 5.54. The van der Waals surface area contributed by atoms with E-state index in [0.717, 1.165) is 5.56 Å². The van der Waals surface area contributed by atoms with Gasteiger partial charge in [-0.15, -0.1) is 0 Å². The molecular formula is C19H14N4O2. The van der Waals surface area contributed by atoms with E-state index in [1.807, 2.05) is 30.3 Å². The second-order valence-corrected chi connectivity index (χ2v) is 5.54. The Morgan fingerprint density at radius 1 is 1.16 bits per heavy atom. The first kappa shape index (κ1) is 16.1. The van der Waals surface area contributed by atoms with E-state index in [1.54, 1.807) is 25.3 Å². The fourth-order valence-electron chi connectivity index (χ4n) is 2.74. The maximum atomic E-state index is 11.3. The zero-order chi connectivity index (χ0) is 18.0. The van der Waals surface area contributed by atoms with E-state index in [4.69, 9.17) is 5.73 Å². The second kappa shape index (κ2) is 6.42. The molecule has 0 saturated heterocycles. The minimum atomic E-state index is -0.433. The average Bonchev–Trinajstić information content (AvgIpc) is 2.62. The predicted molar refractivity (Wildman–Crippen MR) is 95.6 cm³/mol. The topological polar surface area (TPSA) is 106 Å². The lowest BCUT2D eigenvalue weighted by Crippen LogP contribution is -2.00. The first-order valence-electron chi connectivity index (χ1n) is 7.52. The zero-order valence-electron chi connectivity index (χ0n) is 13.4. The van der Waals surface area contributed by atoms with Gasteiger partial charge in [0.2, 0.25) is 0 Å². The normalized spacial score (nSPS) is 10.2. The van der Waals surface area contributed by atoms with Crippen LogP contribution in [0.5, 0.6) is 0 Å². The van der Waals surface area contributed by atoms with Crippen LogP contribution in [0, 0.1) is 28.4 Å². The lowest BCUT2D eigenvalue weighted by molar-refractivity contribution is -0.385. The molecule has 0 spiro atoms. The van der Waals surface area contributed by atoms with Crippen LogP contribution in [0.3, 0.4) is 0 Å². The van der Waals surface area contributed by atoms with Gasteiger partial charge in [0.25, 0.3) is 5.69 Å². The summed E-state index contributed by atoms with van der Waals surface area (Å²) >= 11 is 0. The number of nitro groups is 1. The predicted octanol–water partition coefficient (Wildman–Crippen LogP) is 4.09. The number of pyridine rings is 1. The third-order valence-corrected chi connectivity index (χ3v) is 4.00. The number of nitrogens with two attached hydrogens (primary N) is 1. The van der Waals surface area contributed by atoms with Crippen LogP contribution in [0.15, 0.2) is 54.7 Å². The van der Waals surface area contributed by atoms with Crippen molar-refractivity contribution >= 4 is 11.5 Å². The molecule has 3 rings (SSSR count). The van der Waals surface area contributed by atoms with Crippen LogP contribution in [0.1, 0.15) is 11.1 Å². The molecule has 0 bridgehead atoms. The highest BCUT2D eigenvalue weighted by molar-refractivity contribution is 5.90. The molecule has 122 valence electrons. The largest absolute Gasteiger partial charge is 0.383 e. The van der Waals surface area contributed by atoms with Crippen LogP contribution in [0.25, 0.3) is 22.3 Å². The molecule has 2 aromatic carbocycles. The van der Waals surface area contributed by atoms with Crippen molar-refractivity contribution in [2.75, 3.05) is 5.73 Å². The Morgan fingerprint density at radius 2 is 1.88 bits per heavy atom. The van der Waals surface area contributed by atoms with Crippen molar-refractivity contribution in [3.05, 3.63) is 76.0 Å². The van der Waals surface area contributed by atoms with Gasteiger partial charge < -0.3 is 5.73 Å². The molecule has 0 fully saturated rings. The number of nitro benzene ring substituents is 1. The number of nitrogens with zero attached hydrogens (tertiary/aromatic N) is 3. The van der Waals surface area contributed by atoms with Crippen LogP contribution < -0.4 is 5.73 Å². The summed E-state index contributed by atoms with van der Waals surface area (Å²) in [4.78, 5) is 15.0. The van der Waals surface area contributed by atoms with Crippen LogP contribution in [-0.4, -0.2) is 9.91 Å². The van der Waals surface area contributed by atoms with Gasteiger partial charge in [-0.05, 0) is 18.1 Å². The lowest BCUT2D eigenvalue weighted by Gasteiger charge is -2.13. The molecular weight excluding hydrogens is 316 g/mol. The first-order chi connectivity index (χ1) is 12.0. The molecule has 1 aromatic heterocycles. The summed E-state index contributed by atoms with van der Waals surface area (Å²) in [7, 11) is 0. The molecule has 0 amide bonds. The Kier molecular flexibility index (Phi) is 4.14. The number of nitrogen functional groups attached to an aromatic ring is 1. The van der Waals surface area contributed by atoms with Crippen molar-refractivity contribution < 1.29 is 4.92 Å². The van der Waals surface area contributed by atoms with Gasteiger partial charge >= 0.3 is 0 Å². The van der Waals surface area contributed by atoms with E-state index in [0.29, 0.717) is 22.3 Å². The lowest BCUT2D eigenvalue weighted by atomic mass is 9.91. The van der Waals surface area contributed by atoms with Crippen LogP contribution in [0.2, 0.25) is 0 Å². The van der Waals surface area contributed by atoms with Crippen LogP contribution >= 0.6 is 0 Å². The summed E-state index contributed by atoms with van der Waals surface area (Å²) in [6.45, 7) is 1.67. The molecule has 0 radical (unpaired) electrons. The summed E-state index contributed by atoms with van der Waals surface area (Å²) in [6.07, 6.45) is 1.59. The molecule has 6 heteroatoms. The number of nitriles is 1. The van der Waals surface area contributed by atoms with Crippen molar-refractivity contribution in [3.8, 4) is 28.3 Å². The molecule has 0 aliphatic carbocycles. The van der Waals surface area contributed by atoms with Gasteiger partial charge in [0.1, 0.15) is 17.5 Å². The molecule has 2 N–H and O–H groups in total.